The highest BCUT2D eigenvalue weighted by Gasteiger charge is 2.05. The molecule has 0 spiro atoms. The lowest BCUT2D eigenvalue weighted by Gasteiger charge is -2.10. The summed E-state index contributed by atoms with van der Waals surface area (Å²) in [5.74, 6) is 1.41. The monoisotopic (exact) mass is 248 g/mol. The summed E-state index contributed by atoms with van der Waals surface area (Å²) in [6.45, 7) is 0.614. The van der Waals surface area contributed by atoms with Crippen molar-refractivity contribution in [3.05, 3.63) is 30.1 Å². The van der Waals surface area contributed by atoms with Gasteiger partial charge in [0, 0.05) is 25.0 Å². The number of ether oxygens (including phenoxy) is 2. The molecule has 0 unspecified atom stereocenters. The minimum Gasteiger partial charge on any atom is -0.493 e. The fraction of sp³-hybridized carbons (Fsp3) is 0.333. The van der Waals surface area contributed by atoms with Gasteiger partial charge in [-0.1, -0.05) is 5.21 Å². The van der Waals surface area contributed by atoms with E-state index >= 15 is 0 Å². The van der Waals surface area contributed by atoms with Gasteiger partial charge in [0.05, 0.1) is 20.8 Å². The van der Waals surface area contributed by atoms with Gasteiger partial charge in [-0.15, -0.1) is 5.10 Å². The van der Waals surface area contributed by atoms with E-state index in [0.717, 1.165) is 11.4 Å². The van der Waals surface area contributed by atoms with Crippen LogP contribution in [0.1, 0.15) is 5.69 Å². The zero-order chi connectivity index (χ0) is 13.0. The van der Waals surface area contributed by atoms with Crippen LogP contribution in [0.15, 0.2) is 24.4 Å². The number of nitrogens with one attached hydrogen (secondary N) is 1. The van der Waals surface area contributed by atoms with Crippen molar-refractivity contribution in [3.8, 4) is 11.5 Å². The van der Waals surface area contributed by atoms with Crippen LogP contribution < -0.4 is 14.8 Å². The highest BCUT2D eigenvalue weighted by atomic mass is 16.5. The third kappa shape index (κ3) is 2.71. The number of aryl methyl sites for hydroxylation is 1. The molecule has 6 nitrogen and oxygen atoms in total. The molecule has 2 rings (SSSR count). The first-order chi connectivity index (χ1) is 8.72. The van der Waals surface area contributed by atoms with Gasteiger partial charge < -0.3 is 14.8 Å². The number of rotatable bonds is 5. The molecule has 0 saturated carbocycles. The molecular weight excluding hydrogens is 232 g/mol. The summed E-state index contributed by atoms with van der Waals surface area (Å²) in [6, 6.07) is 5.67. The van der Waals surface area contributed by atoms with Crippen molar-refractivity contribution in [1.82, 2.24) is 15.0 Å². The summed E-state index contributed by atoms with van der Waals surface area (Å²) in [5, 5.41) is 11.1. The summed E-state index contributed by atoms with van der Waals surface area (Å²) < 4.78 is 12.1. The van der Waals surface area contributed by atoms with E-state index in [1.54, 1.807) is 18.9 Å². The zero-order valence-corrected chi connectivity index (χ0v) is 10.7. The van der Waals surface area contributed by atoms with E-state index < -0.39 is 0 Å². The van der Waals surface area contributed by atoms with E-state index in [9.17, 15) is 0 Å². The van der Waals surface area contributed by atoms with E-state index in [-0.39, 0.29) is 0 Å². The topological polar surface area (TPSA) is 61.2 Å². The van der Waals surface area contributed by atoms with Gasteiger partial charge in [-0.2, -0.15) is 0 Å². The summed E-state index contributed by atoms with van der Waals surface area (Å²) >= 11 is 0. The zero-order valence-electron chi connectivity index (χ0n) is 10.7. The number of benzene rings is 1. The van der Waals surface area contributed by atoms with Crippen LogP contribution in [0.2, 0.25) is 0 Å². The smallest absolute Gasteiger partial charge is 0.162 e. The van der Waals surface area contributed by atoms with Crippen LogP contribution >= 0.6 is 0 Å². The van der Waals surface area contributed by atoms with Crippen LogP contribution in [0.5, 0.6) is 11.5 Å². The van der Waals surface area contributed by atoms with Crippen molar-refractivity contribution in [1.29, 1.82) is 0 Å². The Morgan fingerprint density at radius 2 is 2.00 bits per heavy atom. The Balaban J connectivity index is 2.05. The molecule has 1 heterocycles. The van der Waals surface area contributed by atoms with E-state index in [4.69, 9.17) is 9.47 Å². The lowest BCUT2D eigenvalue weighted by molar-refractivity contribution is 0.355. The Bertz CT molecular complexity index is 525. The third-order valence-electron chi connectivity index (χ3n) is 2.51. The van der Waals surface area contributed by atoms with Gasteiger partial charge in [-0.05, 0) is 12.1 Å². The second kappa shape index (κ2) is 5.39. The van der Waals surface area contributed by atoms with E-state index in [1.165, 1.54) is 0 Å². The van der Waals surface area contributed by atoms with Crippen molar-refractivity contribution in [3.63, 3.8) is 0 Å². The molecule has 0 atom stereocenters. The van der Waals surface area contributed by atoms with Gasteiger partial charge in [0.1, 0.15) is 5.69 Å². The second-order valence-electron chi connectivity index (χ2n) is 3.81. The second-order valence-corrected chi connectivity index (χ2v) is 3.81. The fourth-order valence-corrected chi connectivity index (χ4v) is 1.62. The molecule has 6 heteroatoms. The quantitative estimate of drug-likeness (QED) is 0.867. The number of anilines is 1. The fourth-order valence-electron chi connectivity index (χ4n) is 1.62. The first-order valence-corrected chi connectivity index (χ1v) is 5.54. The summed E-state index contributed by atoms with van der Waals surface area (Å²) in [6.07, 6.45) is 1.87. The Morgan fingerprint density at radius 1 is 1.22 bits per heavy atom. The summed E-state index contributed by atoms with van der Waals surface area (Å²) in [5.41, 5.74) is 1.82. The minimum absolute atomic E-state index is 0.614. The minimum atomic E-state index is 0.614. The van der Waals surface area contributed by atoms with Crippen LogP contribution in [-0.2, 0) is 13.6 Å². The molecule has 0 aliphatic heterocycles. The van der Waals surface area contributed by atoms with Gasteiger partial charge in [-0.3, -0.25) is 4.68 Å². The molecule has 1 N–H and O–H groups in total. The Kier molecular flexibility index (Phi) is 3.66. The van der Waals surface area contributed by atoms with E-state index in [0.29, 0.717) is 18.0 Å². The molecule has 1 aromatic carbocycles. The molecule has 96 valence electrons. The van der Waals surface area contributed by atoms with Crippen molar-refractivity contribution in [2.24, 2.45) is 7.05 Å². The predicted octanol–water partition coefficient (Wildman–Crippen LogP) is 1.44. The molecule has 0 bridgehead atoms. The Labute approximate surface area is 106 Å². The highest BCUT2D eigenvalue weighted by Crippen LogP contribution is 2.29. The molecule has 0 amide bonds. The third-order valence-corrected chi connectivity index (χ3v) is 2.51. The van der Waals surface area contributed by atoms with E-state index in [2.05, 4.69) is 15.6 Å². The van der Waals surface area contributed by atoms with Crippen molar-refractivity contribution in [2.75, 3.05) is 19.5 Å². The van der Waals surface area contributed by atoms with Gasteiger partial charge in [-0.25, -0.2) is 0 Å². The molecular formula is C12H16N4O2. The highest BCUT2D eigenvalue weighted by molar-refractivity contribution is 5.54. The normalized spacial score (nSPS) is 10.2. The van der Waals surface area contributed by atoms with Gasteiger partial charge >= 0.3 is 0 Å². The van der Waals surface area contributed by atoms with E-state index in [1.807, 2.05) is 31.4 Å². The van der Waals surface area contributed by atoms with Crippen molar-refractivity contribution in [2.45, 2.75) is 6.54 Å². The van der Waals surface area contributed by atoms with Gasteiger partial charge in [0.15, 0.2) is 11.5 Å². The number of methoxy groups -OCH3 is 2. The first kappa shape index (κ1) is 12.2. The SMILES string of the molecule is COc1ccc(NCc2cn(C)nn2)cc1OC. The number of hydrogen-bond donors (Lipinski definition) is 1. The van der Waals surface area contributed by atoms with Crippen LogP contribution in [0.4, 0.5) is 5.69 Å². The number of hydrogen-bond acceptors (Lipinski definition) is 5. The lowest BCUT2D eigenvalue weighted by Crippen LogP contribution is -2.00. The van der Waals surface area contributed by atoms with Crippen LogP contribution in [0.3, 0.4) is 0 Å². The molecule has 0 saturated heterocycles. The molecule has 2 aromatic rings. The average molecular weight is 248 g/mol. The largest absolute Gasteiger partial charge is 0.493 e. The molecule has 0 fully saturated rings. The van der Waals surface area contributed by atoms with Gasteiger partial charge in [0.25, 0.3) is 0 Å². The maximum Gasteiger partial charge on any atom is 0.162 e. The number of nitrogens with zero attached hydrogens (tertiary/aromatic N) is 3. The summed E-state index contributed by atoms with van der Waals surface area (Å²) in [4.78, 5) is 0. The van der Waals surface area contributed by atoms with Gasteiger partial charge in [0.2, 0.25) is 0 Å². The standard InChI is InChI=1S/C12H16N4O2/c1-16-8-10(14-15-16)7-13-9-4-5-11(17-2)12(6-9)18-3/h4-6,8,13H,7H2,1-3H3. The Morgan fingerprint density at radius 3 is 2.61 bits per heavy atom. The van der Waals surface area contributed by atoms with Crippen LogP contribution in [-0.4, -0.2) is 29.2 Å². The molecule has 0 aliphatic rings. The maximum atomic E-state index is 5.24. The molecule has 1 aromatic heterocycles. The maximum absolute atomic E-state index is 5.24. The number of aromatic nitrogens is 3. The average Bonchev–Trinajstić information content (AvgIpc) is 2.81. The Hall–Kier alpha value is -2.24. The van der Waals surface area contributed by atoms with Crippen molar-refractivity contribution >= 4 is 5.69 Å². The molecule has 0 radical (unpaired) electrons. The molecule has 0 aliphatic carbocycles. The predicted molar refractivity (Wildman–Crippen MR) is 67.9 cm³/mol. The lowest BCUT2D eigenvalue weighted by atomic mass is 10.2. The van der Waals surface area contributed by atoms with Crippen molar-refractivity contribution < 1.29 is 9.47 Å². The molecule has 18 heavy (non-hydrogen) atoms. The first-order valence-electron chi connectivity index (χ1n) is 5.54. The summed E-state index contributed by atoms with van der Waals surface area (Å²) in [7, 11) is 5.07. The van der Waals surface area contributed by atoms with Crippen LogP contribution in [0.25, 0.3) is 0 Å². The van der Waals surface area contributed by atoms with Crippen LogP contribution in [0, 0.1) is 0 Å².